The predicted octanol–water partition coefficient (Wildman–Crippen LogP) is 8.35. The lowest BCUT2D eigenvalue weighted by molar-refractivity contribution is -0.132. The molecule has 1 unspecified atom stereocenters. The Morgan fingerprint density at radius 2 is 1.67 bits per heavy atom. The van der Waals surface area contributed by atoms with Crippen molar-refractivity contribution in [2.45, 2.75) is 22.7 Å². The van der Waals surface area contributed by atoms with Crippen LogP contribution in [0.2, 0.25) is 10.0 Å². The van der Waals surface area contributed by atoms with Crippen molar-refractivity contribution in [2.75, 3.05) is 12.0 Å². The van der Waals surface area contributed by atoms with E-state index in [4.69, 9.17) is 32.7 Å². The summed E-state index contributed by atoms with van der Waals surface area (Å²) in [6, 6.07) is 27.6. The van der Waals surface area contributed by atoms with Crippen molar-refractivity contribution in [3.8, 4) is 11.5 Å². The van der Waals surface area contributed by atoms with Crippen molar-refractivity contribution >= 4 is 68.9 Å². The molecule has 2 heterocycles. The first-order chi connectivity index (χ1) is 22.3. The average Bonchev–Trinajstić information content (AvgIpc) is 3.65. The largest absolute Gasteiger partial charge is 0.507 e. The Hall–Kier alpha value is -4.35. The standard InChI is InChI=1S/C34H25Cl2N3O5S2/c1-43-27-17-22(13-16-26(27)44-18-20-7-3-2-4-8-20)29-28(30(40)21-11-14-24(35)15-12-21)31(41)32(42)39(29)33-37-38-34(46-33)45-19-23-9-5-6-10-25(23)36/h2-17,29,40H,18-19H2,1H3/b30-28-. The molecule has 4 aromatic carbocycles. The first-order valence-corrected chi connectivity index (χ1v) is 16.5. The summed E-state index contributed by atoms with van der Waals surface area (Å²) in [5, 5.41) is 21.3. The monoisotopic (exact) mass is 689 g/mol. The molecule has 8 nitrogen and oxygen atoms in total. The highest BCUT2D eigenvalue weighted by Gasteiger charge is 2.48. The summed E-state index contributed by atoms with van der Waals surface area (Å²) in [4.78, 5) is 28.6. The van der Waals surface area contributed by atoms with Gasteiger partial charge in [0, 0.05) is 21.4 Å². The van der Waals surface area contributed by atoms with Crippen LogP contribution in [0.5, 0.6) is 11.5 Å². The number of hydrogen-bond acceptors (Lipinski definition) is 9. The fourth-order valence-corrected chi connectivity index (χ4v) is 7.21. The van der Waals surface area contributed by atoms with Crippen LogP contribution in [0.4, 0.5) is 5.13 Å². The number of hydrogen-bond donors (Lipinski definition) is 1. The molecular weight excluding hydrogens is 665 g/mol. The fraction of sp³-hybridized carbons (Fsp3) is 0.118. The topological polar surface area (TPSA) is 102 Å². The minimum absolute atomic E-state index is 0.104. The second kappa shape index (κ2) is 14.0. The van der Waals surface area contributed by atoms with Gasteiger partial charge in [0.2, 0.25) is 5.13 Å². The van der Waals surface area contributed by atoms with Gasteiger partial charge in [0.1, 0.15) is 12.4 Å². The summed E-state index contributed by atoms with van der Waals surface area (Å²) in [5.41, 5.74) is 2.63. The Morgan fingerprint density at radius 1 is 0.935 bits per heavy atom. The van der Waals surface area contributed by atoms with Gasteiger partial charge in [-0.3, -0.25) is 14.5 Å². The highest BCUT2D eigenvalue weighted by Crippen LogP contribution is 2.46. The molecule has 1 aliphatic heterocycles. The summed E-state index contributed by atoms with van der Waals surface area (Å²) in [6.45, 7) is 0.311. The van der Waals surface area contributed by atoms with Crippen LogP contribution in [-0.4, -0.2) is 34.1 Å². The number of amides is 1. The van der Waals surface area contributed by atoms with Crippen molar-refractivity contribution in [1.29, 1.82) is 0 Å². The van der Waals surface area contributed by atoms with Gasteiger partial charge in [-0.2, -0.15) is 0 Å². The zero-order valence-corrected chi connectivity index (χ0v) is 27.4. The average molecular weight is 691 g/mol. The van der Waals surface area contributed by atoms with Crippen LogP contribution in [0.15, 0.2) is 107 Å². The first kappa shape index (κ1) is 31.6. The van der Waals surface area contributed by atoms with Gasteiger partial charge in [0.25, 0.3) is 5.78 Å². The quantitative estimate of drug-likeness (QED) is 0.0513. The van der Waals surface area contributed by atoms with Crippen LogP contribution in [0.3, 0.4) is 0 Å². The third kappa shape index (κ3) is 6.61. The maximum Gasteiger partial charge on any atom is 0.301 e. The lowest BCUT2D eigenvalue weighted by Gasteiger charge is -2.23. The Kier molecular flexibility index (Phi) is 9.60. The number of ether oxygens (including phenoxy) is 2. The van der Waals surface area contributed by atoms with Crippen LogP contribution >= 0.6 is 46.3 Å². The minimum atomic E-state index is -1.04. The van der Waals surface area contributed by atoms with E-state index in [0.717, 1.165) is 22.5 Å². The highest BCUT2D eigenvalue weighted by atomic mass is 35.5. The fourth-order valence-electron chi connectivity index (χ4n) is 4.93. The van der Waals surface area contributed by atoms with Gasteiger partial charge in [0.15, 0.2) is 15.8 Å². The molecule has 1 aliphatic rings. The smallest absolute Gasteiger partial charge is 0.301 e. The Morgan fingerprint density at radius 3 is 2.41 bits per heavy atom. The van der Waals surface area contributed by atoms with Gasteiger partial charge >= 0.3 is 5.91 Å². The van der Waals surface area contributed by atoms with Crippen molar-refractivity contribution in [3.05, 3.63) is 135 Å². The Bertz CT molecular complexity index is 1930. The van der Waals surface area contributed by atoms with Crippen molar-refractivity contribution < 1.29 is 24.2 Å². The van der Waals surface area contributed by atoms with Gasteiger partial charge in [-0.05, 0) is 59.2 Å². The Labute approximate surface area is 283 Å². The summed E-state index contributed by atoms with van der Waals surface area (Å²) >= 11 is 15.0. The van der Waals surface area contributed by atoms with Crippen LogP contribution in [0.1, 0.15) is 28.3 Å². The number of benzene rings is 4. The zero-order chi connectivity index (χ0) is 32.2. The second-order valence-corrected chi connectivity index (χ2v) is 13.1. The Balaban J connectivity index is 1.38. The van der Waals surface area contributed by atoms with E-state index in [0.29, 0.717) is 49.4 Å². The molecule has 0 spiro atoms. The molecule has 12 heteroatoms. The molecule has 1 saturated heterocycles. The van der Waals surface area contributed by atoms with Crippen LogP contribution in [0.25, 0.3) is 5.76 Å². The molecule has 1 atom stereocenters. The molecule has 0 bridgehead atoms. The summed E-state index contributed by atoms with van der Waals surface area (Å²) < 4.78 is 12.3. The van der Waals surface area contributed by atoms with E-state index in [9.17, 15) is 14.7 Å². The maximum atomic E-state index is 13.7. The number of halogens is 2. The molecular formula is C34H25Cl2N3O5S2. The highest BCUT2D eigenvalue weighted by molar-refractivity contribution is 8.00. The zero-order valence-electron chi connectivity index (χ0n) is 24.2. The number of rotatable bonds is 10. The molecule has 6 rings (SSSR count). The number of thioether (sulfide) groups is 1. The van der Waals surface area contributed by atoms with Crippen LogP contribution < -0.4 is 14.4 Å². The third-order valence-corrected chi connectivity index (χ3v) is 9.94. The first-order valence-electron chi connectivity index (χ1n) is 14.0. The normalized spacial score (nSPS) is 15.7. The molecule has 0 aliphatic carbocycles. The van der Waals surface area contributed by atoms with E-state index in [1.807, 2.05) is 54.6 Å². The SMILES string of the molecule is COc1cc(C2/C(=C(/O)c3ccc(Cl)cc3)C(=O)C(=O)N2c2nnc(SCc3ccccc3Cl)s2)ccc1OCc1ccccc1. The molecule has 0 radical (unpaired) electrons. The van der Waals surface area contributed by atoms with Gasteiger partial charge in [-0.25, -0.2) is 0 Å². The van der Waals surface area contributed by atoms with E-state index in [1.54, 1.807) is 42.5 Å². The molecule has 5 aromatic rings. The number of aliphatic hydroxyl groups excluding tert-OH is 1. The molecule has 1 fully saturated rings. The molecule has 1 aromatic heterocycles. The number of Topliss-reactive ketones (excluding diaryl/α,β-unsaturated/α-hetero) is 1. The van der Waals surface area contributed by atoms with E-state index < -0.39 is 17.7 Å². The number of methoxy groups -OCH3 is 1. The van der Waals surface area contributed by atoms with E-state index in [-0.39, 0.29) is 16.5 Å². The van der Waals surface area contributed by atoms with E-state index in [2.05, 4.69) is 10.2 Å². The van der Waals surface area contributed by atoms with Gasteiger partial charge in [-0.15, -0.1) is 10.2 Å². The number of carbonyl (C=O) groups is 2. The minimum Gasteiger partial charge on any atom is -0.507 e. The number of ketones is 1. The van der Waals surface area contributed by atoms with Crippen molar-refractivity contribution in [1.82, 2.24) is 10.2 Å². The summed E-state index contributed by atoms with van der Waals surface area (Å²) in [5.74, 6) is -0.653. The van der Waals surface area contributed by atoms with Gasteiger partial charge in [-0.1, -0.05) is 101 Å². The molecule has 232 valence electrons. The number of carbonyl (C=O) groups excluding carboxylic acids is 2. The van der Waals surface area contributed by atoms with Crippen molar-refractivity contribution in [3.63, 3.8) is 0 Å². The molecule has 0 saturated carbocycles. The van der Waals surface area contributed by atoms with Crippen LogP contribution in [-0.2, 0) is 21.9 Å². The predicted molar refractivity (Wildman–Crippen MR) is 181 cm³/mol. The van der Waals surface area contributed by atoms with Gasteiger partial charge in [0.05, 0.1) is 18.7 Å². The lowest BCUT2D eigenvalue weighted by Crippen LogP contribution is -2.29. The lowest BCUT2D eigenvalue weighted by atomic mass is 9.95. The second-order valence-electron chi connectivity index (χ2n) is 10.1. The molecule has 1 N–H and O–H groups in total. The molecule has 46 heavy (non-hydrogen) atoms. The number of aromatic nitrogens is 2. The number of aliphatic hydroxyl groups is 1. The number of nitrogens with zero attached hydrogens (tertiary/aromatic N) is 3. The van der Waals surface area contributed by atoms with E-state index in [1.165, 1.54) is 23.8 Å². The summed E-state index contributed by atoms with van der Waals surface area (Å²) in [6.07, 6.45) is 0. The maximum absolute atomic E-state index is 13.7. The third-order valence-electron chi connectivity index (χ3n) is 7.21. The molecule has 1 amide bonds. The number of anilines is 1. The van der Waals surface area contributed by atoms with Crippen molar-refractivity contribution in [2.24, 2.45) is 0 Å². The van der Waals surface area contributed by atoms with Gasteiger partial charge < -0.3 is 14.6 Å². The van der Waals surface area contributed by atoms with Crippen LogP contribution in [0, 0.1) is 0 Å². The summed E-state index contributed by atoms with van der Waals surface area (Å²) in [7, 11) is 1.51. The van der Waals surface area contributed by atoms with E-state index >= 15 is 0 Å².